The summed E-state index contributed by atoms with van der Waals surface area (Å²) in [6.07, 6.45) is 11.5. The first kappa shape index (κ1) is 20.5. The molecule has 2 atom stereocenters. The molecule has 0 bridgehead atoms. The monoisotopic (exact) mass is 368 g/mol. The highest BCUT2D eigenvalue weighted by molar-refractivity contribution is 5.52. The minimum Gasteiger partial charge on any atom is -0.487 e. The Morgan fingerprint density at radius 2 is 1.85 bits per heavy atom. The second-order valence-corrected chi connectivity index (χ2v) is 10.3. The zero-order valence-corrected chi connectivity index (χ0v) is 18.7. The third-order valence-electron chi connectivity index (χ3n) is 7.13. The summed E-state index contributed by atoms with van der Waals surface area (Å²) in [5, 5.41) is 0. The van der Waals surface area contributed by atoms with Crippen LogP contribution in [0.1, 0.15) is 109 Å². The van der Waals surface area contributed by atoms with Gasteiger partial charge in [0, 0.05) is 17.4 Å². The molecule has 0 aromatic heterocycles. The molecule has 150 valence electrons. The standard InChI is InChI=1S/C26H40O/c1-8-9-10-11-14-25(4,5)20-16-19(3)24-21-15-18(2)12-13-22(21)26(6,7)27-23(24)17-20/h15-17,21-22H,8-14H2,1-7H3/t21-,22-/m1/s1. The van der Waals surface area contributed by atoms with Crippen molar-refractivity contribution in [2.75, 3.05) is 0 Å². The molecule has 3 rings (SSSR count). The molecule has 0 radical (unpaired) electrons. The Bertz CT molecular complexity index is 707. The van der Waals surface area contributed by atoms with Crippen LogP contribution in [0.25, 0.3) is 0 Å². The molecule has 0 unspecified atom stereocenters. The van der Waals surface area contributed by atoms with Crippen molar-refractivity contribution in [3.05, 3.63) is 40.5 Å². The number of aryl methyl sites for hydroxylation is 1. The van der Waals surface area contributed by atoms with E-state index in [4.69, 9.17) is 4.74 Å². The van der Waals surface area contributed by atoms with Gasteiger partial charge in [-0.1, -0.05) is 64.2 Å². The molecule has 1 aliphatic heterocycles. The molecule has 2 aliphatic rings. The van der Waals surface area contributed by atoms with E-state index in [0.717, 1.165) is 5.75 Å². The van der Waals surface area contributed by atoms with Crippen LogP contribution in [0.4, 0.5) is 0 Å². The lowest BCUT2D eigenvalue weighted by molar-refractivity contribution is 0.0112. The number of ether oxygens (including phenoxy) is 1. The highest BCUT2D eigenvalue weighted by Gasteiger charge is 2.44. The van der Waals surface area contributed by atoms with Gasteiger partial charge in [0.2, 0.25) is 0 Å². The summed E-state index contributed by atoms with van der Waals surface area (Å²) in [5.74, 6) is 2.24. The molecule has 0 spiro atoms. The van der Waals surface area contributed by atoms with E-state index in [-0.39, 0.29) is 11.0 Å². The first-order valence-corrected chi connectivity index (χ1v) is 11.2. The zero-order valence-electron chi connectivity index (χ0n) is 18.7. The van der Waals surface area contributed by atoms with Crippen molar-refractivity contribution in [2.45, 2.75) is 110 Å². The Morgan fingerprint density at radius 1 is 1.11 bits per heavy atom. The van der Waals surface area contributed by atoms with Crippen molar-refractivity contribution in [1.82, 2.24) is 0 Å². The van der Waals surface area contributed by atoms with Crippen molar-refractivity contribution in [3.8, 4) is 5.75 Å². The topological polar surface area (TPSA) is 9.23 Å². The predicted molar refractivity (Wildman–Crippen MR) is 117 cm³/mol. The first-order chi connectivity index (χ1) is 12.7. The van der Waals surface area contributed by atoms with Crippen LogP contribution in [0, 0.1) is 12.8 Å². The van der Waals surface area contributed by atoms with Gasteiger partial charge in [-0.2, -0.15) is 0 Å². The summed E-state index contributed by atoms with van der Waals surface area (Å²) < 4.78 is 6.65. The molecule has 0 N–H and O–H groups in total. The van der Waals surface area contributed by atoms with Gasteiger partial charge in [0.05, 0.1) is 0 Å². The van der Waals surface area contributed by atoms with Crippen molar-refractivity contribution in [1.29, 1.82) is 0 Å². The molecule has 1 heterocycles. The van der Waals surface area contributed by atoms with Gasteiger partial charge in [-0.05, 0) is 69.6 Å². The number of hydrogen-bond donors (Lipinski definition) is 0. The van der Waals surface area contributed by atoms with E-state index in [9.17, 15) is 0 Å². The number of unbranched alkanes of at least 4 members (excludes halogenated alkanes) is 3. The van der Waals surface area contributed by atoms with Crippen molar-refractivity contribution >= 4 is 0 Å². The van der Waals surface area contributed by atoms with Crippen LogP contribution in [0.5, 0.6) is 5.75 Å². The average Bonchev–Trinajstić information content (AvgIpc) is 2.57. The SMILES string of the molecule is CCCCCCC(C)(C)c1cc(C)c2c(c1)OC(C)(C)[C@@H]1CCC(C)=C[C@@H]21. The first-order valence-electron chi connectivity index (χ1n) is 11.2. The minimum atomic E-state index is -0.0921. The van der Waals surface area contributed by atoms with Gasteiger partial charge >= 0.3 is 0 Å². The normalized spacial score (nSPS) is 23.9. The summed E-state index contributed by atoms with van der Waals surface area (Å²) in [5.41, 5.74) is 5.96. The Morgan fingerprint density at radius 3 is 2.56 bits per heavy atom. The lowest BCUT2D eigenvalue weighted by Gasteiger charge is -2.47. The van der Waals surface area contributed by atoms with Crippen LogP contribution < -0.4 is 4.74 Å². The highest BCUT2D eigenvalue weighted by Crippen LogP contribution is 2.52. The number of hydrogen-bond acceptors (Lipinski definition) is 1. The van der Waals surface area contributed by atoms with Gasteiger partial charge in [-0.25, -0.2) is 0 Å². The molecular formula is C26H40O. The van der Waals surface area contributed by atoms with Crippen LogP contribution in [-0.4, -0.2) is 5.60 Å². The molecule has 1 nitrogen and oxygen atoms in total. The molecule has 1 heteroatoms. The molecule has 1 aliphatic carbocycles. The van der Waals surface area contributed by atoms with Crippen molar-refractivity contribution in [2.24, 2.45) is 5.92 Å². The maximum absolute atomic E-state index is 6.65. The fraction of sp³-hybridized carbons (Fsp3) is 0.692. The highest BCUT2D eigenvalue weighted by atomic mass is 16.5. The molecule has 1 aromatic carbocycles. The largest absolute Gasteiger partial charge is 0.487 e. The summed E-state index contributed by atoms with van der Waals surface area (Å²) in [6.45, 7) is 16.3. The molecule has 1 aromatic rings. The van der Waals surface area contributed by atoms with E-state index in [2.05, 4.69) is 66.7 Å². The van der Waals surface area contributed by atoms with Gasteiger partial charge in [0.25, 0.3) is 0 Å². The third-order valence-corrected chi connectivity index (χ3v) is 7.13. The van der Waals surface area contributed by atoms with Gasteiger partial charge in [-0.15, -0.1) is 0 Å². The third kappa shape index (κ3) is 4.13. The molecule has 27 heavy (non-hydrogen) atoms. The van der Waals surface area contributed by atoms with Crippen LogP contribution in [0.2, 0.25) is 0 Å². The van der Waals surface area contributed by atoms with E-state index >= 15 is 0 Å². The quantitative estimate of drug-likeness (QED) is 0.367. The Hall–Kier alpha value is -1.24. The average molecular weight is 369 g/mol. The molecule has 0 fully saturated rings. The van der Waals surface area contributed by atoms with E-state index in [1.807, 2.05) is 0 Å². The fourth-order valence-electron chi connectivity index (χ4n) is 5.30. The van der Waals surface area contributed by atoms with Gasteiger partial charge in [-0.3, -0.25) is 0 Å². The number of fused-ring (bicyclic) bond motifs is 3. The summed E-state index contributed by atoms with van der Waals surface area (Å²) >= 11 is 0. The van der Waals surface area contributed by atoms with Gasteiger partial charge in [0.1, 0.15) is 11.4 Å². The molecule has 0 saturated heterocycles. The van der Waals surface area contributed by atoms with Gasteiger partial charge < -0.3 is 4.74 Å². The lowest BCUT2D eigenvalue weighted by atomic mass is 9.66. The minimum absolute atomic E-state index is 0.0921. The summed E-state index contributed by atoms with van der Waals surface area (Å²) in [6, 6.07) is 4.83. The van der Waals surface area contributed by atoms with E-state index < -0.39 is 0 Å². The predicted octanol–water partition coefficient (Wildman–Crippen LogP) is 7.85. The lowest BCUT2D eigenvalue weighted by Crippen LogP contribution is -2.45. The maximum Gasteiger partial charge on any atom is 0.124 e. The Balaban J connectivity index is 1.95. The van der Waals surface area contributed by atoms with E-state index in [0.29, 0.717) is 11.8 Å². The van der Waals surface area contributed by atoms with Crippen molar-refractivity contribution in [3.63, 3.8) is 0 Å². The molecule has 0 saturated carbocycles. The van der Waals surface area contributed by atoms with Crippen LogP contribution in [-0.2, 0) is 5.41 Å². The summed E-state index contributed by atoms with van der Waals surface area (Å²) in [7, 11) is 0. The number of rotatable bonds is 6. The van der Waals surface area contributed by atoms with E-state index in [1.165, 1.54) is 61.6 Å². The van der Waals surface area contributed by atoms with E-state index in [1.54, 1.807) is 5.57 Å². The van der Waals surface area contributed by atoms with Gasteiger partial charge in [0.15, 0.2) is 0 Å². The fourth-order valence-corrected chi connectivity index (χ4v) is 5.30. The smallest absolute Gasteiger partial charge is 0.124 e. The second kappa shape index (κ2) is 7.64. The molecule has 0 amide bonds. The van der Waals surface area contributed by atoms with Crippen LogP contribution >= 0.6 is 0 Å². The van der Waals surface area contributed by atoms with Crippen LogP contribution in [0.15, 0.2) is 23.8 Å². The summed E-state index contributed by atoms with van der Waals surface area (Å²) in [4.78, 5) is 0. The molecular weight excluding hydrogens is 328 g/mol. The van der Waals surface area contributed by atoms with Crippen LogP contribution in [0.3, 0.4) is 0 Å². The number of benzene rings is 1. The van der Waals surface area contributed by atoms with Crippen molar-refractivity contribution < 1.29 is 4.74 Å². The second-order valence-electron chi connectivity index (χ2n) is 10.3. The zero-order chi connectivity index (χ0) is 19.8. The Labute approximate surface area is 167 Å². The number of allylic oxidation sites excluding steroid dienone is 2. The Kier molecular flexibility index (Phi) is 5.80. The maximum atomic E-state index is 6.65.